The second kappa shape index (κ2) is 6.69. The van der Waals surface area contributed by atoms with Gasteiger partial charge in [0, 0.05) is 25.2 Å². The number of ketones is 1. The molecule has 1 heterocycles. The number of hydrogen-bond donors (Lipinski definition) is 0. The number of Topliss-reactive ketones (excluding diaryl/α,β-unsaturated/α-hetero) is 1. The Balaban J connectivity index is 1.98. The molecule has 0 fully saturated rings. The zero-order valence-electron chi connectivity index (χ0n) is 11.0. The van der Waals surface area contributed by atoms with E-state index in [1.54, 1.807) is 12.4 Å². The van der Waals surface area contributed by atoms with Crippen LogP contribution in [0.2, 0.25) is 0 Å². The van der Waals surface area contributed by atoms with Gasteiger partial charge in [0.15, 0.2) is 5.78 Å². The molecule has 0 atom stereocenters. The van der Waals surface area contributed by atoms with Crippen LogP contribution in [0, 0.1) is 0 Å². The fourth-order valence-electron chi connectivity index (χ4n) is 1.84. The predicted octanol–water partition coefficient (Wildman–Crippen LogP) is 3.30. The Morgan fingerprint density at radius 2 is 1.89 bits per heavy atom. The van der Waals surface area contributed by atoms with Gasteiger partial charge in [0.2, 0.25) is 0 Å². The van der Waals surface area contributed by atoms with Gasteiger partial charge < -0.3 is 4.74 Å². The molecule has 1 aromatic carbocycles. The molecule has 3 heteroatoms. The summed E-state index contributed by atoms with van der Waals surface area (Å²) >= 11 is 0. The minimum Gasteiger partial charge on any atom is -0.492 e. The van der Waals surface area contributed by atoms with Crippen LogP contribution >= 0.6 is 0 Å². The van der Waals surface area contributed by atoms with Crippen molar-refractivity contribution in [3.05, 3.63) is 59.9 Å². The quantitative estimate of drug-likeness (QED) is 0.743. The molecule has 98 valence electrons. The number of hydrogen-bond acceptors (Lipinski definition) is 3. The van der Waals surface area contributed by atoms with E-state index >= 15 is 0 Å². The van der Waals surface area contributed by atoms with Crippen LogP contribution in [0.5, 0.6) is 5.75 Å². The van der Waals surface area contributed by atoms with E-state index in [0.29, 0.717) is 24.3 Å². The monoisotopic (exact) mass is 255 g/mol. The lowest BCUT2D eigenvalue weighted by Gasteiger charge is -2.10. The van der Waals surface area contributed by atoms with Crippen molar-refractivity contribution in [3.63, 3.8) is 0 Å². The Kier molecular flexibility index (Phi) is 4.67. The third-order valence-electron chi connectivity index (χ3n) is 2.91. The van der Waals surface area contributed by atoms with Crippen molar-refractivity contribution < 1.29 is 9.53 Å². The highest BCUT2D eigenvalue weighted by Crippen LogP contribution is 2.19. The van der Waals surface area contributed by atoms with Crippen LogP contribution in [-0.4, -0.2) is 17.4 Å². The van der Waals surface area contributed by atoms with E-state index in [9.17, 15) is 4.79 Å². The Bertz CT molecular complexity index is 537. The van der Waals surface area contributed by atoms with Crippen molar-refractivity contribution >= 4 is 5.78 Å². The van der Waals surface area contributed by atoms with E-state index in [-0.39, 0.29) is 5.78 Å². The summed E-state index contributed by atoms with van der Waals surface area (Å²) in [4.78, 5) is 15.8. The molecule has 3 nitrogen and oxygen atoms in total. The predicted molar refractivity (Wildman–Crippen MR) is 74.5 cm³/mol. The first-order valence-corrected chi connectivity index (χ1v) is 6.45. The largest absolute Gasteiger partial charge is 0.492 e. The maximum absolute atomic E-state index is 11.8. The maximum Gasteiger partial charge on any atom is 0.166 e. The number of carbonyl (C=O) groups excluding carboxylic acids is 1. The molecular formula is C16H17NO2. The van der Waals surface area contributed by atoms with Crippen LogP contribution in [0.4, 0.5) is 0 Å². The number of para-hydroxylation sites is 1. The molecule has 0 aliphatic rings. The van der Waals surface area contributed by atoms with Gasteiger partial charge in [-0.25, -0.2) is 0 Å². The first kappa shape index (κ1) is 13.3. The van der Waals surface area contributed by atoms with Gasteiger partial charge in [-0.1, -0.05) is 19.1 Å². The molecule has 0 aliphatic carbocycles. The van der Waals surface area contributed by atoms with Crippen LogP contribution < -0.4 is 4.74 Å². The topological polar surface area (TPSA) is 39.2 Å². The summed E-state index contributed by atoms with van der Waals surface area (Å²) in [5.41, 5.74) is 1.84. The summed E-state index contributed by atoms with van der Waals surface area (Å²) < 4.78 is 5.72. The lowest BCUT2D eigenvalue weighted by molar-refractivity contribution is 0.0984. The molecule has 0 unspecified atom stereocenters. The normalized spacial score (nSPS) is 10.2. The number of aromatic nitrogens is 1. The lowest BCUT2D eigenvalue weighted by Crippen LogP contribution is -2.06. The average Bonchev–Trinajstić information content (AvgIpc) is 2.48. The third kappa shape index (κ3) is 3.65. The van der Waals surface area contributed by atoms with E-state index in [2.05, 4.69) is 4.98 Å². The lowest BCUT2D eigenvalue weighted by atomic mass is 10.1. The van der Waals surface area contributed by atoms with Crippen molar-refractivity contribution in [2.24, 2.45) is 0 Å². The summed E-state index contributed by atoms with van der Waals surface area (Å²) in [6.45, 7) is 2.41. The molecule has 0 aliphatic heterocycles. The second-order valence-electron chi connectivity index (χ2n) is 4.23. The van der Waals surface area contributed by atoms with Crippen molar-refractivity contribution in [1.29, 1.82) is 0 Å². The molecule has 0 spiro atoms. The van der Waals surface area contributed by atoms with Gasteiger partial charge in [0.25, 0.3) is 0 Å². The fraction of sp³-hybridized carbons (Fsp3) is 0.250. The number of carbonyl (C=O) groups is 1. The Morgan fingerprint density at radius 3 is 2.63 bits per heavy atom. The number of pyridine rings is 1. The van der Waals surface area contributed by atoms with Crippen LogP contribution in [0.1, 0.15) is 29.3 Å². The Morgan fingerprint density at radius 1 is 1.16 bits per heavy atom. The van der Waals surface area contributed by atoms with Gasteiger partial charge in [-0.15, -0.1) is 0 Å². The molecular weight excluding hydrogens is 238 g/mol. The van der Waals surface area contributed by atoms with Crippen molar-refractivity contribution in [3.8, 4) is 5.75 Å². The SMILES string of the molecule is CCC(=O)c1ccccc1OCCc1ccncc1. The van der Waals surface area contributed by atoms with E-state index in [4.69, 9.17) is 4.74 Å². The Hall–Kier alpha value is -2.16. The number of benzene rings is 1. The van der Waals surface area contributed by atoms with Gasteiger partial charge in [-0.2, -0.15) is 0 Å². The third-order valence-corrected chi connectivity index (χ3v) is 2.91. The number of nitrogens with zero attached hydrogens (tertiary/aromatic N) is 1. The van der Waals surface area contributed by atoms with Crippen molar-refractivity contribution in [1.82, 2.24) is 4.98 Å². The summed E-state index contributed by atoms with van der Waals surface area (Å²) in [5.74, 6) is 0.780. The first-order valence-electron chi connectivity index (χ1n) is 6.45. The zero-order valence-corrected chi connectivity index (χ0v) is 11.0. The second-order valence-corrected chi connectivity index (χ2v) is 4.23. The standard InChI is InChI=1S/C16H17NO2/c1-2-15(18)14-5-3-4-6-16(14)19-12-9-13-7-10-17-11-8-13/h3-8,10-11H,2,9,12H2,1H3. The van der Waals surface area contributed by atoms with Gasteiger partial charge in [0.05, 0.1) is 12.2 Å². The highest BCUT2D eigenvalue weighted by atomic mass is 16.5. The zero-order chi connectivity index (χ0) is 13.5. The Labute approximate surface area is 113 Å². The summed E-state index contributed by atoms with van der Waals surface area (Å²) in [5, 5.41) is 0. The number of rotatable bonds is 6. The summed E-state index contributed by atoms with van der Waals surface area (Å²) in [6, 6.07) is 11.3. The van der Waals surface area contributed by atoms with E-state index in [1.165, 1.54) is 5.56 Å². The molecule has 0 amide bonds. The number of ether oxygens (including phenoxy) is 1. The maximum atomic E-state index is 11.8. The van der Waals surface area contributed by atoms with E-state index < -0.39 is 0 Å². The summed E-state index contributed by atoms with van der Waals surface area (Å²) in [6.07, 6.45) is 4.83. The first-order chi connectivity index (χ1) is 9.31. The van der Waals surface area contributed by atoms with Gasteiger partial charge in [-0.05, 0) is 29.8 Å². The molecule has 0 saturated heterocycles. The summed E-state index contributed by atoms with van der Waals surface area (Å²) in [7, 11) is 0. The van der Waals surface area contributed by atoms with Crippen LogP contribution in [-0.2, 0) is 6.42 Å². The van der Waals surface area contributed by atoms with Crippen molar-refractivity contribution in [2.45, 2.75) is 19.8 Å². The van der Waals surface area contributed by atoms with Crippen LogP contribution in [0.25, 0.3) is 0 Å². The van der Waals surface area contributed by atoms with Gasteiger partial charge >= 0.3 is 0 Å². The van der Waals surface area contributed by atoms with Crippen LogP contribution in [0.15, 0.2) is 48.8 Å². The van der Waals surface area contributed by atoms with Crippen LogP contribution in [0.3, 0.4) is 0 Å². The molecule has 2 rings (SSSR count). The van der Waals surface area contributed by atoms with Gasteiger partial charge in [0.1, 0.15) is 5.75 Å². The molecule has 0 saturated carbocycles. The highest BCUT2D eigenvalue weighted by Gasteiger charge is 2.09. The molecule has 19 heavy (non-hydrogen) atoms. The molecule has 0 bridgehead atoms. The minimum absolute atomic E-state index is 0.111. The van der Waals surface area contributed by atoms with E-state index in [0.717, 1.165) is 6.42 Å². The highest BCUT2D eigenvalue weighted by molar-refractivity contribution is 5.98. The molecule has 1 aromatic heterocycles. The molecule has 2 aromatic rings. The average molecular weight is 255 g/mol. The fourth-order valence-corrected chi connectivity index (χ4v) is 1.84. The van der Waals surface area contributed by atoms with Crippen molar-refractivity contribution in [2.75, 3.05) is 6.61 Å². The smallest absolute Gasteiger partial charge is 0.166 e. The van der Waals surface area contributed by atoms with E-state index in [1.807, 2.05) is 43.3 Å². The minimum atomic E-state index is 0.111. The molecule has 0 radical (unpaired) electrons. The van der Waals surface area contributed by atoms with Gasteiger partial charge in [-0.3, -0.25) is 9.78 Å². The molecule has 0 N–H and O–H groups in total.